The van der Waals surface area contributed by atoms with Crippen LogP contribution < -0.4 is 0 Å². The van der Waals surface area contributed by atoms with Gasteiger partial charge in [0.25, 0.3) is 0 Å². The molecule has 3 aromatic rings. The van der Waals surface area contributed by atoms with Gasteiger partial charge in [-0.3, -0.25) is 4.98 Å². The van der Waals surface area contributed by atoms with Gasteiger partial charge in [-0.15, -0.1) is 0 Å². The quantitative estimate of drug-likeness (QED) is 0.654. The Morgan fingerprint density at radius 1 is 1.11 bits per heavy atom. The minimum Gasteiger partial charge on any atom is -0.264 e. The van der Waals surface area contributed by atoms with Crippen molar-refractivity contribution in [2.45, 2.75) is 0 Å². The van der Waals surface area contributed by atoms with Gasteiger partial charge in [0, 0.05) is 23.3 Å². The van der Waals surface area contributed by atoms with E-state index in [4.69, 9.17) is 5.26 Å². The highest BCUT2D eigenvalue weighted by molar-refractivity contribution is 5.96. The molecule has 2 nitrogen and oxygen atoms in total. The molecule has 19 heavy (non-hydrogen) atoms. The SMILES string of the molecule is N#Cc1cccc(-c2c(F)ccc3cnccc23)c1. The van der Waals surface area contributed by atoms with Gasteiger partial charge in [-0.05, 0) is 41.3 Å². The zero-order valence-corrected chi connectivity index (χ0v) is 9.97. The number of halogens is 1. The standard InChI is InChI=1S/C16H9FN2/c17-15-5-4-13-10-19-7-6-14(13)16(15)12-3-1-2-11(8-12)9-18/h1-8,10H. The molecule has 0 fully saturated rings. The van der Waals surface area contributed by atoms with Crippen LogP contribution in [-0.2, 0) is 0 Å². The fourth-order valence-electron chi connectivity index (χ4n) is 2.18. The molecule has 0 radical (unpaired) electrons. The summed E-state index contributed by atoms with van der Waals surface area (Å²) in [5.74, 6) is -0.297. The third-order valence-corrected chi connectivity index (χ3v) is 3.05. The lowest BCUT2D eigenvalue weighted by molar-refractivity contribution is 0.633. The molecule has 90 valence electrons. The van der Waals surface area contributed by atoms with E-state index in [0.717, 1.165) is 10.8 Å². The molecule has 0 spiro atoms. The summed E-state index contributed by atoms with van der Waals surface area (Å²) in [5.41, 5.74) is 1.73. The molecule has 2 aromatic carbocycles. The topological polar surface area (TPSA) is 36.7 Å². The van der Waals surface area contributed by atoms with Crippen LogP contribution in [-0.4, -0.2) is 4.98 Å². The Labute approximate surface area is 109 Å². The van der Waals surface area contributed by atoms with Crippen molar-refractivity contribution in [3.63, 3.8) is 0 Å². The van der Waals surface area contributed by atoms with Crippen LogP contribution in [0.3, 0.4) is 0 Å². The number of benzene rings is 2. The number of fused-ring (bicyclic) bond motifs is 1. The molecule has 0 saturated carbocycles. The molecule has 0 aliphatic carbocycles. The van der Waals surface area contributed by atoms with Gasteiger partial charge in [0.1, 0.15) is 5.82 Å². The summed E-state index contributed by atoms with van der Waals surface area (Å²) in [6, 6.07) is 13.9. The Balaban J connectivity index is 2.35. The molecule has 0 N–H and O–H groups in total. The second kappa shape index (κ2) is 4.51. The first kappa shape index (κ1) is 11.4. The summed E-state index contributed by atoms with van der Waals surface area (Å²) in [7, 11) is 0. The van der Waals surface area contributed by atoms with Gasteiger partial charge in [0.05, 0.1) is 11.6 Å². The molecule has 0 saturated heterocycles. The minimum atomic E-state index is -0.297. The van der Waals surface area contributed by atoms with Crippen molar-refractivity contribution in [3.8, 4) is 17.2 Å². The molecule has 0 amide bonds. The maximum absolute atomic E-state index is 14.1. The van der Waals surface area contributed by atoms with Gasteiger partial charge in [0.15, 0.2) is 0 Å². The number of hydrogen-bond donors (Lipinski definition) is 0. The molecule has 0 unspecified atom stereocenters. The van der Waals surface area contributed by atoms with Crippen LogP contribution in [0.25, 0.3) is 21.9 Å². The molecular formula is C16H9FN2. The molecule has 0 atom stereocenters. The van der Waals surface area contributed by atoms with E-state index in [-0.39, 0.29) is 5.82 Å². The number of nitriles is 1. The van der Waals surface area contributed by atoms with Gasteiger partial charge in [-0.2, -0.15) is 5.26 Å². The summed E-state index contributed by atoms with van der Waals surface area (Å²) in [4.78, 5) is 4.04. The van der Waals surface area contributed by atoms with Crippen LogP contribution in [0.5, 0.6) is 0 Å². The number of pyridine rings is 1. The zero-order chi connectivity index (χ0) is 13.2. The predicted molar refractivity (Wildman–Crippen MR) is 71.9 cm³/mol. The van der Waals surface area contributed by atoms with Gasteiger partial charge in [-0.1, -0.05) is 12.1 Å². The normalized spacial score (nSPS) is 10.3. The first-order valence-corrected chi connectivity index (χ1v) is 5.82. The van der Waals surface area contributed by atoms with Crippen molar-refractivity contribution < 1.29 is 4.39 Å². The van der Waals surface area contributed by atoms with Crippen molar-refractivity contribution in [3.05, 3.63) is 66.2 Å². The smallest absolute Gasteiger partial charge is 0.131 e. The maximum Gasteiger partial charge on any atom is 0.131 e. The van der Waals surface area contributed by atoms with Crippen molar-refractivity contribution in [1.82, 2.24) is 4.98 Å². The number of nitrogens with zero attached hydrogens (tertiary/aromatic N) is 2. The van der Waals surface area contributed by atoms with Crippen LogP contribution >= 0.6 is 0 Å². The third-order valence-electron chi connectivity index (χ3n) is 3.05. The van der Waals surface area contributed by atoms with Gasteiger partial charge >= 0.3 is 0 Å². The Morgan fingerprint density at radius 2 is 2.00 bits per heavy atom. The van der Waals surface area contributed by atoms with E-state index in [1.807, 2.05) is 0 Å². The van der Waals surface area contributed by atoms with Crippen molar-refractivity contribution in [2.24, 2.45) is 0 Å². The first-order chi connectivity index (χ1) is 9.29. The van der Waals surface area contributed by atoms with Gasteiger partial charge < -0.3 is 0 Å². The van der Waals surface area contributed by atoms with Crippen LogP contribution in [0, 0.1) is 17.1 Å². The average molecular weight is 248 g/mol. The van der Waals surface area contributed by atoms with Gasteiger partial charge in [0.2, 0.25) is 0 Å². The molecular weight excluding hydrogens is 239 g/mol. The van der Waals surface area contributed by atoms with E-state index in [1.165, 1.54) is 6.07 Å². The fourth-order valence-corrected chi connectivity index (χ4v) is 2.18. The lowest BCUT2D eigenvalue weighted by atomic mass is 9.97. The summed E-state index contributed by atoms with van der Waals surface area (Å²) in [6.45, 7) is 0. The molecule has 3 heteroatoms. The summed E-state index contributed by atoms with van der Waals surface area (Å²) >= 11 is 0. The second-order valence-electron chi connectivity index (χ2n) is 4.21. The van der Waals surface area contributed by atoms with E-state index >= 15 is 0 Å². The minimum absolute atomic E-state index is 0.297. The lowest BCUT2D eigenvalue weighted by Gasteiger charge is -2.08. The van der Waals surface area contributed by atoms with E-state index in [1.54, 1.807) is 48.8 Å². The van der Waals surface area contributed by atoms with Gasteiger partial charge in [-0.25, -0.2) is 4.39 Å². The molecule has 1 aromatic heterocycles. The lowest BCUT2D eigenvalue weighted by Crippen LogP contribution is -1.88. The highest BCUT2D eigenvalue weighted by Crippen LogP contribution is 2.31. The van der Waals surface area contributed by atoms with E-state index in [0.29, 0.717) is 16.7 Å². The van der Waals surface area contributed by atoms with E-state index in [2.05, 4.69) is 11.1 Å². The zero-order valence-electron chi connectivity index (χ0n) is 9.97. The van der Waals surface area contributed by atoms with Crippen LogP contribution in [0.15, 0.2) is 54.9 Å². The second-order valence-corrected chi connectivity index (χ2v) is 4.21. The Hall–Kier alpha value is -2.73. The molecule has 0 bridgehead atoms. The predicted octanol–water partition coefficient (Wildman–Crippen LogP) is 3.91. The van der Waals surface area contributed by atoms with E-state index in [9.17, 15) is 4.39 Å². The number of aromatic nitrogens is 1. The number of hydrogen-bond acceptors (Lipinski definition) is 2. The van der Waals surface area contributed by atoms with Crippen LogP contribution in [0.1, 0.15) is 5.56 Å². The summed E-state index contributed by atoms with van der Waals surface area (Å²) in [6.07, 6.45) is 3.34. The third kappa shape index (κ3) is 1.94. The Kier molecular flexibility index (Phi) is 2.70. The van der Waals surface area contributed by atoms with E-state index < -0.39 is 0 Å². The monoisotopic (exact) mass is 248 g/mol. The fraction of sp³-hybridized carbons (Fsp3) is 0. The molecule has 0 aliphatic rings. The van der Waals surface area contributed by atoms with Crippen molar-refractivity contribution >= 4 is 10.8 Å². The Bertz CT molecular complexity index is 803. The van der Waals surface area contributed by atoms with Crippen LogP contribution in [0.4, 0.5) is 4.39 Å². The van der Waals surface area contributed by atoms with Crippen LogP contribution in [0.2, 0.25) is 0 Å². The highest BCUT2D eigenvalue weighted by Gasteiger charge is 2.10. The molecule has 0 aliphatic heterocycles. The average Bonchev–Trinajstić information content (AvgIpc) is 2.47. The summed E-state index contributed by atoms with van der Waals surface area (Å²) < 4.78 is 14.1. The molecule has 3 rings (SSSR count). The largest absolute Gasteiger partial charge is 0.264 e. The first-order valence-electron chi connectivity index (χ1n) is 5.82. The Morgan fingerprint density at radius 3 is 2.84 bits per heavy atom. The number of rotatable bonds is 1. The molecule has 1 heterocycles. The highest BCUT2D eigenvalue weighted by atomic mass is 19.1. The maximum atomic E-state index is 14.1. The van der Waals surface area contributed by atoms with Crippen molar-refractivity contribution in [2.75, 3.05) is 0 Å². The van der Waals surface area contributed by atoms with Crippen molar-refractivity contribution in [1.29, 1.82) is 5.26 Å². The summed E-state index contributed by atoms with van der Waals surface area (Å²) in [5, 5.41) is 10.6.